The van der Waals surface area contributed by atoms with E-state index in [0.29, 0.717) is 31.4 Å². The van der Waals surface area contributed by atoms with Crippen LogP contribution in [0.15, 0.2) is 24.3 Å². The third-order valence-corrected chi connectivity index (χ3v) is 5.51. The molecule has 0 aliphatic heterocycles. The van der Waals surface area contributed by atoms with Crippen LogP contribution in [0.4, 0.5) is 10.6 Å². The van der Waals surface area contributed by atoms with E-state index in [9.17, 15) is 19.5 Å². The van der Waals surface area contributed by atoms with Crippen molar-refractivity contribution >= 4 is 24.1 Å². The number of carbonyl (C=O) groups excluding carboxylic acids is 3. The highest BCUT2D eigenvalue weighted by molar-refractivity contribution is 5.89. The van der Waals surface area contributed by atoms with Crippen molar-refractivity contribution in [3.63, 3.8) is 0 Å². The van der Waals surface area contributed by atoms with Crippen molar-refractivity contribution in [1.29, 1.82) is 0 Å². The zero-order chi connectivity index (χ0) is 23.1. The first-order chi connectivity index (χ1) is 15.4. The molecule has 1 aromatic heterocycles. The third-order valence-electron chi connectivity index (χ3n) is 5.51. The van der Waals surface area contributed by atoms with Crippen molar-refractivity contribution < 1.29 is 24.2 Å². The number of ether oxygens (including phenoxy) is 1. The van der Waals surface area contributed by atoms with Crippen LogP contribution in [0.25, 0.3) is 0 Å². The second kappa shape index (κ2) is 10.8. The average Bonchev–Trinajstić information content (AvgIpc) is 3.37. The molecule has 172 valence electrons. The van der Waals surface area contributed by atoms with Gasteiger partial charge in [-0.2, -0.15) is 5.10 Å². The van der Waals surface area contributed by atoms with Gasteiger partial charge < -0.3 is 20.5 Å². The zero-order valence-electron chi connectivity index (χ0n) is 18.4. The Labute approximate surface area is 186 Å². The van der Waals surface area contributed by atoms with Crippen LogP contribution in [0.5, 0.6) is 5.75 Å². The lowest BCUT2D eigenvalue weighted by molar-refractivity contribution is -0.116. The van der Waals surface area contributed by atoms with Crippen LogP contribution in [0.1, 0.15) is 73.5 Å². The van der Waals surface area contributed by atoms with E-state index in [2.05, 4.69) is 20.8 Å². The summed E-state index contributed by atoms with van der Waals surface area (Å²) in [5.74, 6) is 0.426. The first-order valence-electron chi connectivity index (χ1n) is 10.9. The number of nitrogens with one attached hydrogen (secondary N) is 3. The Hall–Kier alpha value is -3.36. The molecule has 2 amide bonds. The number of amides is 2. The number of alkyl carbamates (subject to hydrolysis) is 1. The van der Waals surface area contributed by atoms with Crippen molar-refractivity contribution in [3.8, 4) is 5.75 Å². The maximum absolute atomic E-state index is 12.3. The summed E-state index contributed by atoms with van der Waals surface area (Å²) in [6.07, 6.45) is 3.79. The number of aromatic hydroxyl groups is 1. The van der Waals surface area contributed by atoms with E-state index in [1.54, 1.807) is 12.1 Å². The number of aromatic amines is 1. The predicted molar refractivity (Wildman–Crippen MR) is 119 cm³/mol. The molecule has 9 heteroatoms. The van der Waals surface area contributed by atoms with Gasteiger partial charge in [0.15, 0.2) is 12.1 Å². The summed E-state index contributed by atoms with van der Waals surface area (Å²) in [5.41, 5.74) is 1.89. The van der Waals surface area contributed by atoms with E-state index in [1.807, 2.05) is 19.9 Å². The monoisotopic (exact) mass is 442 g/mol. The minimum absolute atomic E-state index is 0.0328. The number of phenols is 1. The molecule has 32 heavy (non-hydrogen) atoms. The van der Waals surface area contributed by atoms with Crippen LogP contribution in [-0.4, -0.2) is 45.7 Å². The number of hydrogen-bond donors (Lipinski definition) is 4. The van der Waals surface area contributed by atoms with Crippen molar-refractivity contribution in [2.24, 2.45) is 0 Å². The lowest BCUT2D eigenvalue weighted by Crippen LogP contribution is -2.33. The van der Waals surface area contributed by atoms with Gasteiger partial charge in [-0.25, -0.2) is 4.79 Å². The molecule has 1 aliphatic carbocycles. The molecule has 1 aromatic carbocycles. The lowest BCUT2D eigenvalue weighted by atomic mass is 10.0. The van der Waals surface area contributed by atoms with Crippen molar-refractivity contribution in [2.75, 3.05) is 5.32 Å². The van der Waals surface area contributed by atoms with Crippen LogP contribution >= 0.6 is 0 Å². The molecular weight excluding hydrogens is 412 g/mol. The molecule has 0 spiro atoms. The van der Waals surface area contributed by atoms with Crippen molar-refractivity contribution in [3.05, 3.63) is 41.1 Å². The Balaban J connectivity index is 1.44. The molecule has 0 unspecified atom stereocenters. The number of nitrogens with zero attached hydrogens (tertiary/aromatic N) is 1. The summed E-state index contributed by atoms with van der Waals surface area (Å²) in [4.78, 5) is 35.2. The second-order valence-electron chi connectivity index (χ2n) is 8.41. The first kappa shape index (κ1) is 23.3. The number of phenolic OH excluding ortho intramolecular Hbond substituents is 1. The molecule has 1 heterocycles. The molecule has 9 nitrogen and oxygen atoms in total. The minimum atomic E-state index is -0.394. The Kier molecular flexibility index (Phi) is 7.86. The Morgan fingerprint density at radius 1 is 1.34 bits per heavy atom. The number of aldehydes is 1. The summed E-state index contributed by atoms with van der Waals surface area (Å²) in [5, 5.41) is 22.4. The van der Waals surface area contributed by atoms with Crippen LogP contribution in [0.2, 0.25) is 0 Å². The van der Waals surface area contributed by atoms with E-state index in [-0.39, 0.29) is 41.7 Å². The Morgan fingerprint density at radius 3 is 2.91 bits per heavy atom. The topological polar surface area (TPSA) is 133 Å². The van der Waals surface area contributed by atoms with E-state index in [4.69, 9.17) is 4.74 Å². The number of hydrogen-bond acceptors (Lipinski definition) is 6. The summed E-state index contributed by atoms with van der Waals surface area (Å²) in [7, 11) is 0. The third kappa shape index (κ3) is 6.32. The molecule has 2 aromatic rings. The molecule has 1 aliphatic rings. The fourth-order valence-electron chi connectivity index (χ4n) is 3.96. The standard InChI is InChI=1S/C23H30N4O5/c1-14(2)24-23(31)32-17-10-9-16(11-17)19-12-21(27-26-19)25-22(30)8-4-6-15-5-3-7-20(29)18(15)13-28/h3,5,7,12-14,16-17,29H,4,6,8-11H2,1-2H3,(H,24,31)(H2,25,26,27,30)/t16-,17+/m0/s1. The van der Waals surface area contributed by atoms with Gasteiger partial charge in [0.05, 0.1) is 5.56 Å². The maximum Gasteiger partial charge on any atom is 0.407 e. The second-order valence-corrected chi connectivity index (χ2v) is 8.41. The summed E-state index contributed by atoms with van der Waals surface area (Å²) in [6.45, 7) is 3.77. The van der Waals surface area contributed by atoms with Crippen LogP contribution in [0.3, 0.4) is 0 Å². The minimum Gasteiger partial charge on any atom is -0.507 e. The zero-order valence-corrected chi connectivity index (χ0v) is 18.4. The maximum atomic E-state index is 12.3. The van der Waals surface area contributed by atoms with E-state index in [1.165, 1.54) is 6.07 Å². The van der Waals surface area contributed by atoms with Crippen LogP contribution in [0, 0.1) is 0 Å². The molecule has 4 N–H and O–H groups in total. The number of aryl methyl sites for hydroxylation is 1. The highest BCUT2D eigenvalue weighted by atomic mass is 16.6. The number of carbonyl (C=O) groups is 3. The van der Waals surface area contributed by atoms with E-state index < -0.39 is 6.09 Å². The van der Waals surface area contributed by atoms with E-state index in [0.717, 1.165) is 24.1 Å². The summed E-state index contributed by atoms with van der Waals surface area (Å²) >= 11 is 0. The lowest BCUT2D eigenvalue weighted by Gasteiger charge is -2.14. The van der Waals surface area contributed by atoms with Gasteiger partial charge in [-0.15, -0.1) is 0 Å². The van der Waals surface area contributed by atoms with Gasteiger partial charge in [-0.05, 0) is 57.6 Å². The summed E-state index contributed by atoms with van der Waals surface area (Å²) in [6, 6.07) is 6.77. The summed E-state index contributed by atoms with van der Waals surface area (Å²) < 4.78 is 5.46. The number of rotatable bonds is 9. The Bertz CT molecular complexity index is 956. The van der Waals surface area contributed by atoms with Gasteiger partial charge in [0.1, 0.15) is 11.9 Å². The van der Waals surface area contributed by atoms with Gasteiger partial charge in [-0.1, -0.05) is 12.1 Å². The predicted octanol–water partition coefficient (Wildman–Crippen LogP) is 3.66. The van der Waals surface area contributed by atoms with Gasteiger partial charge in [0, 0.05) is 30.1 Å². The van der Waals surface area contributed by atoms with Crippen molar-refractivity contribution in [1.82, 2.24) is 15.5 Å². The normalized spacial score (nSPS) is 17.8. The van der Waals surface area contributed by atoms with Crippen LogP contribution in [-0.2, 0) is 16.0 Å². The highest BCUT2D eigenvalue weighted by Crippen LogP contribution is 2.35. The van der Waals surface area contributed by atoms with Crippen molar-refractivity contribution in [2.45, 2.75) is 70.4 Å². The number of benzene rings is 1. The molecule has 1 saturated carbocycles. The molecule has 3 rings (SSSR count). The van der Waals surface area contributed by atoms with E-state index >= 15 is 0 Å². The van der Waals surface area contributed by atoms with Gasteiger partial charge in [-0.3, -0.25) is 14.7 Å². The SMILES string of the molecule is CC(C)NC(=O)O[C@@H]1CC[C@H](c2cc(NC(=O)CCCc3cccc(O)c3C=O)n[nH]2)C1. The molecule has 0 bridgehead atoms. The molecular formula is C23H30N4O5. The van der Waals surface area contributed by atoms with Gasteiger partial charge >= 0.3 is 6.09 Å². The molecule has 0 radical (unpaired) electrons. The number of aromatic nitrogens is 2. The molecule has 1 fully saturated rings. The van der Waals surface area contributed by atoms with Gasteiger partial charge in [0.2, 0.25) is 5.91 Å². The highest BCUT2D eigenvalue weighted by Gasteiger charge is 2.30. The van der Waals surface area contributed by atoms with Gasteiger partial charge in [0.25, 0.3) is 0 Å². The molecule has 0 saturated heterocycles. The number of anilines is 1. The number of H-pyrrole nitrogens is 1. The fraction of sp³-hybridized carbons (Fsp3) is 0.478. The first-order valence-corrected chi connectivity index (χ1v) is 10.9. The largest absolute Gasteiger partial charge is 0.507 e. The quantitative estimate of drug-likeness (QED) is 0.438. The average molecular weight is 443 g/mol. The van der Waals surface area contributed by atoms with Crippen LogP contribution < -0.4 is 10.6 Å². The molecule has 2 atom stereocenters. The smallest absolute Gasteiger partial charge is 0.407 e. The fourth-order valence-corrected chi connectivity index (χ4v) is 3.96. The Morgan fingerprint density at radius 2 is 2.16 bits per heavy atom.